The standard InChI is InChI=1S/C21H17ClN6OS.2ClH/c22-15-10-13(27-21-20-16(24-12-25-21)6-8-28(20)9-7-23)4-5-18(15)29-17-2-1-3-19-14(17)11-26-30-19;;/h1-6,8,10-12H,7,9,23H2,(H,24,25,27);2*1H. The van der Waals surface area contributed by atoms with E-state index in [0.29, 0.717) is 29.7 Å². The first-order chi connectivity index (χ1) is 14.7. The largest absolute Gasteiger partial charge is 0.455 e. The molecule has 0 spiro atoms. The molecule has 2 aromatic carbocycles. The Morgan fingerprint density at radius 1 is 1.09 bits per heavy atom. The van der Waals surface area contributed by atoms with Crippen molar-refractivity contribution in [3.05, 3.63) is 66.2 Å². The van der Waals surface area contributed by atoms with Gasteiger partial charge in [0.15, 0.2) is 5.82 Å². The summed E-state index contributed by atoms with van der Waals surface area (Å²) in [7, 11) is 0. The summed E-state index contributed by atoms with van der Waals surface area (Å²) in [5, 5.41) is 4.78. The molecule has 0 aliphatic rings. The molecule has 0 bridgehead atoms. The smallest absolute Gasteiger partial charge is 0.158 e. The third kappa shape index (κ3) is 4.60. The average molecular weight is 510 g/mol. The highest BCUT2D eigenvalue weighted by Gasteiger charge is 2.12. The molecule has 0 fully saturated rings. The maximum absolute atomic E-state index is 6.52. The molecule has 3 N–H and O–H groups in total. The van der Waals surface area contributed by atoms with Gasteiger partial charge in [0.2, 0.25) is 0 Å². The van der Waals surface area contributed by atoms with Gasteiger partial charge in [-0.2, -0.15) is 4.37 Å². The van der Waals surface area contributed by atoms with Crippen molar-refractivity contribution in [2.24, 2.45) is 5.73 Å². The lowest BCUT2D eigenvalue weighted by Crippen LogP contribution is -2.10. The van der Waals surface area contributed by atoms with Gasteiger partial charge in [0.1, 0.15) is 23.3 Å². The maximum atomic E-state index is 6.52. The van der Waals surface area contributed by atoms with Crippen molar-refractivity contribution < 1.29 is 4.74 Å². The molecule has 166 valence electrons. The van der Waals surface area contributed by atoms with Crippen molar-refractivity contribution in [3.63, 3.8) is 0 Å². The molecule has 5 rings (SSSR count). The van der Waals surface area contributed by atoms with Crippen LogP contribution in [0.4, 0.5) is 11.5 Å². The lowest BCUT2D eigenvalue weighted by atomic mass is 10.2. The highest BCUT2D eigenvalue weighted by molar-refractivity contribution is 7.13. The summed E-state index contributed by atoms with van der Waals surface area (Å²) in [4.78, 5) is 8.72. The Kier molecular flexibility index (Phi) is 7.76. The molecule has 7 nitrogen and oxygen atoms in total. The van der Waals surface area contributed by atoms with E-state index in [0.717, 1.165) is 32.6 Å². The molecule has 0 atom stereocenters. The fourth-order valence-corrected chi connectivity index (χ4v) is 4.20. The van der Waals surface area contributed by atoms with Gasteiger partial charge in [-0.25, -0.2) is 9.97 Å². The number of hydrogen-bond donors (Lipinski definition) is 2. The number of halogens is 3. The molecule has 3 aromatic heterocycles. The van der Waals surface area contributed by atoms with Crippen molar-refractivity contribution in [3.8, 4) is 11.5 Å². The van der Waals surface area contributed by atoms with Gasteiger partial charge in [-0.15, -0.1) is 24.8 Å². The van der Waals surface area contributed by atoms with E-state index in [1.807, 2.05) is 53.2 Å². The Labute approximate surface area is 205 Å². The van der Waals surface area contributed by atoms with Crippen LogP contribution in [-0.4, -0.2) is 25.5 Å². The van der Waals surface area contributed by atoms with Gasteiger partial charge in [0, 0.05) is 25.0 Å². The fraction of sp³-hybridized carbons (Fsp3) is 0.0952. The number of nitrogens with two attached hydrogens (primary N) is 1. The lowest BCUT2D eigenvalue weighted by molar-refractivity contribution is 0.489. The molecule has 0 radical (unpaired) electrons. The third-order valence-corrected chi connectivity index (χ3v) is 5.75. The van der Waals surface area contributed by atoms with Crippen LogP contribution in [0.25, 0.3) is 21.1 Å². The number of hydrogen-bond acceptors (Lipinski definition) is 7. The zero-order chi connectivity index (χ0) is 20.5. The van der Waals surface area contributed by atoms with Crippen molar-refractivity contribution in [1.82, 2.24) is 18.9 Å². The van der Waals surface area contributed by atoms with Crippen molar-refractivity contribution in [1.29, 1.82) is 0 Å². The predicted molar refractivity (Wildman–Crippen MR) is 136 cm³/mol. The van der Waals surface area contributed by atoms with E-state index in [9.17, 15) is 0 Å². The highest BCUT2D eigenvalue weighted by Crippen LogP contribution is 2.36. The number of ether oxygens (including phenoxy) is 1. The maximum Gasteiger partial charge on any atom is 0.158 e. The fourth-order valence-electron chi connectivity index (χ4n) is 3.32. The number of benzene rings is 2. The third-order valence-electron chi connectivity index (χ3n) is 4.69. The Bertz CT molecular complexity index is 1360. The first kappa shape index (κ1) is 24.0. The van der Waals surface area contributed by atoms with Gasteiger partial charge in [0.25, 0.3) is 0 Å². The monoisotopic (exact) mass is 508 g/mol. The number of rotatable bonds is 6. The Morgan fingerprint density at radius 3 is 2.78 bits per heavy atom. The molecule has 32 heavy (non-hydrogen) atoms. The zero-order valence-electron chi connectivity index (χ0n) is 16.6. The topological polar surface area (TPSA) is 90.9 Å². The van der Waals surface area contributed by atoms with Crippen LogP contribution in [0, 0.1) is 0 Å². The van der Waals surface area contributed by atoms with Gasteiger partial charge in [0.05, 0.1) is 26.8 Å². The summed E-state index contributed by atoms with van der Waals surface area (Å²) in [6.07, 6.45) is 5.29. The van der Waals surface area contributed by atoms with E-state index in [4.69, 9.17) is 22.1 Å². The summed E-state index contributed by atoms with van der Waals surface area (Å²) in [5.74, 6) is 1.98. The zero-order valence-corrected chi connectivity index (χ0v) is 19.8. The Balaban J connectivity index is 0.00000144. The van der Waals surface area contributed by atoms with Crippen LogP contribution in [0.1, 0.15) is 0 Å². The minimum atomic E-state index is 0. The van der Waals surface area contributed by atoms with Crippen LogP contribution in [0.2, 0.25) is 5.02 Å². The van der Waals surface area contributed by atoms with Crippen LogP contribution >= 0.6 is 47.9 Å². The molecule has 5 aromatic rings. The van der Waals surface area contributed by atoms with Crippen LogP contribution in [0.5, 0.6) is 11.5 Å². The van der Waals surface area contributed by atoms with E-state index < -0.39 is 0 Å². The van der Waals surface area contributed by atoms with Crippen molar-refractivity contribution in [2.75, 3.05) is 11.9 Å². The highest BCUT2D eigenvalue weighted by atomic mass is 35.5. The minimum absolute atomic E-state index is 0. The second-order valence-corrected chi connectivity index (χ2v) is 7.86. The Hall–Kier alpha value is -2.62. The Morgan fingerprint density at radius 2 is 1.97 bits per heavy atom. The van der Waals surface area contributed by atoms with E-state index in [1.165, 1.54) is 17.9 Å². The molecule has 0 saturated carbocycles. The van der Waals surface area contributed by atoms with Crippen LogP contribution < -0.4 is 15.8 Å². The average Bonchev–Trinajstić information content (AvgIpc) is 3.39. The number of aromatic nitrogens is 4. The quantitative estimate of drug-likeness (QED) is 0.290. The summed E-state index contributed by atoms with van der Waals surface area (Å²) in [6, 6.07) is 13.4. The second-order valence-electron chi connectivity index (χ2n) is 6.62. The molecule has 0 aliphatic carbocycles. The van der Waals surface area contributed by atoms with Crippen molar-refractivity contribution >= 4 is 80.6 Å². The van der Waals surface area contributed by atoms with E-state index in [1.54, 1.807) is 6.20 Å². The lowest BCUT2D eigenvalue weighted by Gasteiger charge is -2.12. The molecule has 0 unspecified atom stereocenters. The number of nitrogens with zero attached hydrogens (tertiary/aromatic N) is 4. The summed E-state index contributed by atoms with van der Waals surface area (Å²) in [6.45, 7) is 1.21. The minimum Gasteiger partial charge on any atom is -0.455 e. The molecule has 0 saturated heterocycles. The molecule has 0 aliphatic heterocycles. The molecule has 0 amide bonds. The first-order valence-electron chi connectivity index (χ1n) is 9.30. The van der Waals surface area contributed by atoms with Crippen LogP contribution in [0.15, 0.2) is 61.2 Å². The van der Waals surface area contributed by atoms with E-state index in [2.05, 4.69) is 19.7 Å². The first-order valence-corrected chi connectivity index (χ1v) is 10.5. The molecule has 3 heterocycles. The summed E-state index contributed by atoms with van der Waals surface area (Å²) >= 11 is 7.95. The second kappa shape index (κ2) is 10.3. The van der Waals surface area contributed by atoms with Gasteiger partial charge in [-0.3, -0.25) is 0 Å². The van der Waals surface area contributed by atoms with Crippen LogP contribution in [-0.2, 0) is 6.54 Å². The van der Waals surface area contributed by atoms with E-state index in [-0.39, 0.29) is 24.8 Å². The van der Waals surface area contributed by atoms with Crippen molar-refractivity contribution in [2.45, 2.75) is 6.54 Å². The van der Waals surface area contributed by atoms with Gasteiger partial charge in [-0.05, 0) is 47.9 Å². The predicted octanol–water partition coefficient (Wildman–Crippen LogP) is 6.03. The SMILES string of the molecule is Cl.Cl.NCCn1ccc2ncnc(Nc3ccc(Oc4cccc5sncc45)c(Cl)c3)c21. The molecule has 11 heteroatoms. The molecular weight excluding hydrogens is 491 g/mol. The van der Waals surface area contributed by atoms with Gasteiger partial charge in [-0.1, -0.05) is 17.7 Å². The van der Waals surface area contributed by atoms with Gasteiger partial charge >= 0.3 is 0 Å². The van der Waals surface area contributed by atoms with Crippen LogP contribution in [0.3, 0.4) is 0 Å². The van der Waals surface area contributed by atoms with Gasteiger partial charge < -0.3 is 20.4 Å². The molecular formula is C21H19Cl3N6OS. The summed E-state index contributed by atoms with van der Waals surface area (Å²) < 4.78 is 13.4. The van der Waals surface area contributed by atoms with E-state index >= 15 is 0 Å². The number of fused-ring (bicyclic) bond motifs is 2. The number of anilines is 2. The summed E-state index contributed by atoms with van der Waals surface area (Å²) in [5.41, 5.74) is 8.27. The normalized spacial score (nSPS) is 10.6. The number of nitrogens with one attached hydrogen (secondary N) is 1.